The summed E-state index contributed by atoms with van der Waals surface area (Å²) in [5, 5.41) is 0. The van der Waals surface area contributed by atoms with E-state index in [9.17, 15) is 4.79 Å². The van der Waals surface area contributed by atoms with Gasteiger partial charge in [-0.05, 0) is 31.7 Å². The van der Waals surface area contributed by atoms with Crippen LogP contribution in [0.4, 0.5) is 0 Å². The van der Waals surface area contributed by atoms with Crippen LogP contribution in [-0.2, 0) is 9.53 Å². The molecular weight excluding hydrogens is 278 g/mol. The van der Waals surface area contributed by atoms with Gasteiger partial charge in [0.25, 0.3) is 0 Å². The number of piperazine rings is 1. The fourth-order valence-corrected chi connectivity index (χ4v) is 3.95. The number of hydrogen-bond donors (Lipinski definition) is 1. The van der Waals surface area contributed by atoms with Gasteiger partial charge >= 0.3 is 0 Å². The lowest BCUT2D eigenvalue weighted by molar-refractivity contribution is -0.137. The quantitative estimate of drug-likeness (QED) is 0.807. The second-order valence-corrected chi connectivity index (χ2v) is 7.16. The van der Waals surface area contributed by atoms with Crippen LogP contribution in [0.1, 0.15) is 45.4 Å². The largest absolute Gasteiger partial charge is 0.383 e. The zero-order valence-electron chi connectivity index (χ0n) is 14.4. The number of hydrogen-bond acceptors (Lipinski definition) is 4. The molecule has 1 heterocycles. The summed E-state index contributed by atoms with van der Waals surface area (Å²) >= 11 is 0. The molecule has 1 aliphatic carbocycles. The fourth-order valence-electron chi connectivity index (χ4n) is 3.95. The van der Waals surface area contributed by atoms with Crippen LogP contribution in [0, 0.1) is 5.41 Å². The number of ether oxygens (including phenoxy) is 1. The Labute approximate surface area is 135 Å². The van der Waals surface area contributed by atoms with Crippen LogP contribution in [-0.4, -0.2) is 68.2 Å². The van der Waals surface area contributed by atoms with Crippen molar-refractivity contribution < 1.29 is 9.53 Å². The molecular formula is C17H33N3O2. The van der Waals surface area contributed by atoms with Crippen LogP contribution >= 0.6 is 0 Å². The van der Waals surface area contributed by atoms with Crippen LogP contribution in [0.2, 0.25) is 0 Å². The minimum absolute atomic E-state index is 0.0752. The standard InChI is InChI=1S/C17H33N3O2/c1-15-13-20(9-8-19(15)10-11-22-2)16(21)12-17(14-18)6-4-3-5-7-17/h15H,3-14,18H2,1-2H3. The summed E-state index contributed by atoms with van der Waals surface area (Å²) in [6.07, 6.45) is 6.65. The van der Waals surface area contributed by atoms with Crippen LogP contribution in [0.25, 0.3) is 0 Å². The first-order valence-electron chi connectivity index (χ1n) is 8.81. The van der Waals surface area contributed by atoms with Crippen molar-refractivity contribution in [3.8, 4) is 0 Å². The maximum Gasteiger partial charge on any atom is 0.223 e. The summed E-state index contributed by atoms with van der Waals surface area (Å²) < 4.78 is 5.16. The lowest BCUT2D eigenvalue weighted by Gasteiger charge is -2.42. The van der Waals surface area contributed by atoms with E-state index < -0.39 is 0 Å². The Balaban J connectivity index is 1.85. The lowest BCUT2D eigenvalue weighted by Crippen LogP contribution is -2.55. The molecule has 1 amide bonds. The molecule has 1 unspecified atom stereocenters. The number of rotatable bonds is 6. The average molecular weight is 311 g/mol. The van der Waals surface area contributed by atoms with Crippen molar-refractivity contribution in [1.29, 1.82) is 0 Å². The van der Waals surface area contributed by atoms with Crippen molar-refractivity contribution in [2.75, 3.05) is 46.4 Å². The van der Waals surface area contributed by atoms with Crippen molar-refractivity contribution in [1.82, 2.24) is 9.80 Å². The van der Waals surface area contributed by atoms with Gasteiger partial charge in [0.1, 0.15) is 0 Å². The highest BCUT2D eigenvalue weighted by atomic mass is 16.5. The highest BCUT2D eigenvalue weighted by molar-refractivity contribution is 5.77. The van der Waals surface area contributed by atoms with Gasteiger partial charge in [0.2, 0.25) is 5.91 Å². The van der Waals surface area contributed by atoms with E-state index in [2.05, 4.69) is 16.7 Å². The number of nitrogens with two attached hydrogens (primary N) is 1. The van der Waals surface area contributed by atoms with E-state index in [1.54, 1.807) is 7.11 Å². The average Bonchev–Trinajstić information content (AvgIpc) is 2.54. The SMILES string of the molecule is COCCN1CCN(C(=O)CC2(CN)CCCCC2)CC1C. The molecule has 1 atom stereocenters. The second-order valence-electron chi connectivity index (χ2n) is 7.16. The van der Waals surface area contributed by atoms with Gasteiger partial charge in [0.15, 0.2) is 0 Å². The maximum absolute atomic E-state index is 12.7. The molecule has 5 heteroatoms. The van der Waals surface area contributed by atoms with Gasteiger partial charge in [0, 0.05) is 45.8 Å². The molecule has 22 heavy (non-hydrogen) atoms. The molecule has 1 saturated heterocycles. The number of amides is 1. The van der Waals surface area contributed by atoms with Gasteiger partial charge < -0.3 is 15.4 Å². The van der Waals surface area contributed by atoms with E-state index >= 15 is 0 Å². The first-order valence-corrected chi connectivity index (χ1v) is 8.81. The summed E-state index contributed by atoms with van der Waals surface area (Å²) in [4.78, 5) is 17.2. The predicted molar refractivity (Wildman–Crippen MR) is 88.7 cm³/mol. The predicted octanol–water partition coefficient (Wildman–Crippen LogP) is 1.46. The van der Waals surface area contributed by atoms with Crippen molar-refractivity contribution in [2.24, 2.45) is 11.1 Å². The Morgan fingerprint density at radius 2 is 2.00 bits per heavy atom. The summed E-state index contributed by atoms with van der Waals surface area (Å²) in [5.41, 5.74) is 6.10. The molecule has 128 valence electrons. The normalized spacial score (nSPS) is 26.1. The minimum atomic E-state index is 0.0752. The Bertz CT molecular complexity index is 356. The lowest BCUT2D eigenvalue weighted by atomic mass is 9.71. The number of carbonyl (C=O) groups is 1. The molecule has 2 aliphatic rings. The molecule has 0 spiro atoms. The highest BCUT2D eigenvalue weighted by Crippen LogP contribution is 2.38. The van der Waals surface area contributed by atoms with E-state index in [1.807, 2.05) is 0 Å². The van der Waals surface area contributed by atoms with E-state index in [1.165, 1.54) is 19.3 Å². The van der Waals surface area contributed by atoms with Crippen LogP contribution in [0.3, 0.4) is 0 Å². The van der Waals surface area contributed by atoms with Gasteiger partial charge in [-0.1, -0.05) is 19.3 Å². The van der Waals surface area contributed by atoms with Crippen molar-refractivity contribution in [2.45, 2.75) is 51.5 Å². The molecule has 0 aromatic rings. The summed E-state index contributed by atoms with van der Waals surface area (Å²) in [6, 6.07) is 0.410. The fraction of sp³-hybridized carbons (Fsp3) is 0.941. The van der Waals surface area contributed by atoms with Crippen LogP contribution in [0.15, 0.2) is 0 Å². The summed E-state index contributed by atoms with van der Waals surface area (Å²) in [6.45, 7) is 7.19. The van der Waals surface area contributed by atoms with Gasteiger partial charge in [-0.25, -0.2) is 0 Å². The minimum Gasteiger partial charge on any atom is -0.383 e. The van der Waals surface area contributed by atoms with Gasteiger partial charge in [-0.3, -0.25) is 9.69 Å². The topological polar surface area (TPSA) is 58.8 Å². The zero-order chi connectivity index (χ0) is 16.0. The number of nitrogens with zero attached hydrogens (tertiary/aromatic N) is 2. The Morgan fingerprint density at radius 1 is 1.27 bits per heavy atom. The van der Waals surface area contributed by atoms with Crippen molar-refractivity contribution in [3.63, 3.8) is 0 Å². The van der Waals surface area contributed by atoms with Crippen molar-refractivity contribution >= 4 is 5.91 Å². The van der Waals surface area contributed by atoms with Crippen LogP contribution < -0.4 is 5.73 Å². The first-order chi connectivity index (χ1) is 10.6. The third-order valence-corrected chi connectivity index (χ3v) is 5.57. The van der Waals surface area contributed by atoms with E-state index in [0.29, 0.717) is 24.9 Å². The Morgan fingerprint density at radius 3 is 2.59 bits per heavy atom. The Hall–Kier alpha value is -0.650. The number of methoxy groups -OCH3 is 1. The molecule has 2 fully saturated rings. The van der Waals surface area contributed by atoms with Gasteiger partial charge in [0.05, 0.1) is 6.61 Å². The van der Waals surface area contributed by atoms with E-state index in [4.69, 9.17) is 10.5 Å². The molecule has 1 saturated carbocycles. The molecule has 5 nitrogen and oxygen atoms in total. The molecule has 2 rings (SSSR count). The maximum atomic E-state index is 12.7. The summed E-state index contributed by atoms with van der Waals surface area (Å²) in [5.74, 6) is 0.311. The second kappa shape index (κ2) is 8.27. The molecule has 0 aromatic carbocycles. The molecule has 0 bridgehead atoms. The van der Waals surface area contributed by atoms with E-state index in [0.717, 1.165) is 45.6 Å². The first kappa shape index (κ1) is 17.7. The van der Waals surface area contributed by atoms with E-state index in [-0.39, 0.29) is 5.41 Å². The Kier molecular flexibility index (Phi) is 6.66. The van der Waals surface area contributed by atoms with Crippen LogP contribution in [0.5, 0.6) is 0 Å². The zero-order valence-corrected chi connectivity index (χ0v) is 14.4. The molecule has 1 aliphatic heterocycles. The van der Waals surface area contributed by atoms with Crippen molar-refractivity contribution in [3.05, 3.63) is 0 Å². The van der Waals surface area contributed by atoms with Gasteiger partial charge in [-0.15, -0.1) is 0 Å². The third kappa shape index (κ3) is 4.43. The summed E-state index contributed by atoms with van der Waals surface area (Å²) in [7, 11) is 1.74. The third-order valence-electron chi connectivity index (χ3n) is 5.57. The molecule has 0 aromatic heterocycles. The van der Waals surface area contributed by atoms with Gasteiger partial charge in [-0.2, -0.15) is 0 Å². The highest BCUT2D eigenvalue weighted by Gasteiger charge is 2.35. The monoisotopic (exact) mass is 311 g/mol. The smallest absolute Gasteiger partial charge is 0.223 e. The molecule has 0 radical (unpaired) electrons. The molecule has 2 N–H and O–H groups in total. The number of carbonyl (C=O) groups excluding carboxylic acids is 1.